The van der Waals surface area contributed by atoms with E-state index in [0.29, 0.717) is 13.1 Å². The van der Waals surface area contributed by atoms with Gasteiger partial charge in [-0.3, -0.25) is 9.18 Å². The fourth-order valence-electron chi connectivity index (χ4n) is 1.94. The molecule has 0 saturated carbocycles. The molecule has 1 atom stereocenters. The maximum absolute atomic E-state index is 11.7. The third-order valence-corrected chi connectivity index (χ3v) is 3.45. The number of alkyl halides is 1. The molecule has 0 spiro atoms. The second-order valence-corrected chi connectivity index (χ2v) is 6.02. The topological polar surface area (TPSA) is 29.1 Å². The van der Waals surface area contributed by atoms with Crippen LogP contribution in [0.5, 0.6) is 0 Å². The number of hydrogen-bond acceptors (Lipinski definition) is 2. The van der Waals surface area contributed by atoms with Crippen molar-refractivity contribution in [3.8, 4) is 0 Å². The number of ketones is 1. The van der Waals surface area contributed by atoms with Gasteiger partial charge < -0.3 is 5.32 Å². The zero-order valence-corrected chi connectivity index (χ0v) is 14.3. The number of benzene rings is 1. The van der Waals surface area contributed by atoms with Crippen molar-refractivity contribution >= 4 is 21.7 Å². The summed E-state index contributed by atoms with van der Waals surface area (Å²) >= 11 is 3.41. The Labute approximate surface area is 130 Å². The van der Waals surface area contributed by atoms with Crippen molar-refractivity contribution in [1.82, 2.24) is 5.32 Å². The molecule has 0 unspecified atom stereocenters. The number of hydrogen-bond donors (Lipinski definition) is 1. The summed E-state index contributed by atoms with van der Waals surface area (Å²) in [4.78, 5) is 11.7. The molecular weight excluding hydrogens is 321 g/mol. The molecule has 2 nitrogen and oxygen atoms in total. The molecule has 1 rings (SSSR count). The lowest BCUT2D eigenvalue weighted by Crippen LogP contribution is -2.23. The first-order valence-corrected chi connectivity index (χ1v) is 7.64. The molecule has 0 saturated heterocycles. The molecule has 0 heterocycles. The van der Waals surface area contributed by atoms with Gasteiger partial charge in [0.1, 0.15) is 5.78 Å². The fraction of sp³-hybridized carbons (Fsp3) is 0.562. The summed E-state index contributed by atoms with van der Waals surface area (Å²) in [5, 5.41) is 3.39. The molecule has 1 aromatic rings. The molecule has 20 heavy (non-hydrogen) atoms. The zero-order valence-electron chi connectivity index (χ0n) is 12.7. The predicted molar refractivity (Wildman–Crippen MR) is 86.9 cm³/mol. The Bertz CT molecular complexity index is 379. The largest absolute Gasteiger partial charge is 0.316 e. The lowest BCUT2D eigenvalue weighted by molar-refractivity contribution is -0.118. The predicted octanol–water partition coefficient (Wildman–Crippen LogP) is 4.34. The van der Waals surface area contributed by atoms with Gasteiger partial charge in [-0.25, -0.2) is 0 Å². The molecule has 0 aliphatic carbocycles. The van der Waals surface area contributed by atoms with E-state index in [1.165, 1.54) is 0 Å². The molecule has 0 aromatic heterocycles. The molecule has 0 amide bonds. The molecule has 0 aliphatic rings. The van der Waals surface area contributed by atoms with E-state index in [1.54, 1.807) is 6.92 Å². The molecule has 114 valence electrons. The first-order valence-electron chi connectivity index (χ1n) is 6.85. The van der Waals surface area contributed by atoms with Crippen LogP contribution in [-0.4, -0.2) is 26.1 Å². The first kappa shape index (κ1) is 19.3. The van der Waals surface area contributed by atoms with Crippen molar-refractivity contribution in [3.63, 3.8) is 0 Å². The molecule has 1 N–H and O–H groups in total. The first-order chi connectivity index (χ1) is 9.50. The summed E-state index contributed by atoms with van der Waals surface area (Å²) in [6.45, 7) is 7.94. The standard InChI is InChI=1S/C15H22BrNO.CH3F/c1-11(2)10-17-9-8-15(12(3)18)13-4-6-14(16)7-5-13;1-2/h4-7,11,15,17H,8-10H2,1-3H3;1H3/t15-;/m0./s1. The summed E-state index contributed by atoms with van der Waals surface area (Å²) < 4.78 is 10.5. The van der Waals surface area contributed by atoms with E-state index < -0.39 is 0 Å². The van der Waals surface area contributed by atoms with E-state index in [0.717, 1.165) is 29.5 Å². The van der Waals surface area contributed by atoms with E-state index in [9.17, 15) is 9.18 Å². The number of rotatable bonds is 7. The SMILES string of the molecule is CC(=O)[C@H](CCNCC(C)C)c1ccc(Br)cc1.CF. The lowest BCUT2D eigenvalue weighted by Gasteiger charge is -2.15. The summed E-state index contributed by atoms with van der Waals surface area (Å²) in [5.41, 5.74) is 1.11. The van der Waals surface area contributed by atoms with Crippen LogP contribution in [0.3, 0.4) is 0 Å². The molecule has 4 heteroatoms. The van der Waals surface area contributed by atoms with Crippen LogP contribution in [-0.2, 0) is 4.79 Å². The van der Waals surface area contributed by atoms with Crippen LogP contribution in [0.15, 0.2) is 28.7 Å². The van der Waals surface area contributed by atoms with E-state index in [2.05, 4.69) is 35.1 Å². The third-order valence-electron chi connectivity index (χ3n) is 2.93. The van der Waals surface area contributed by atoms with Crippen LogP contribution in [0.25, 0.3) is 0 Å². The fourth-order valence-corrected chi connectivity index (χ4v) is 2.20. The van der Waals surface area contributed by atoms with Crippen LogP contribution in [0.2, 0.25) is 0 Å². The van der Waals surface area contributed by atoms with Crippen molar-refractivity contribution in [2.24, 2.45) is 5.92 Å². The number of carbonyl (C=O) groups is 1. The minimum absolute atomic E-state index is 0.0118. The normalized spacial score (nSPS) is 11.8. The van der Waals surface area contributed by atoms with Crippen molar-refractivity contribution in [1.29, 1.82) is 0 Å². The average Bonchev–Trinajstić information content (AvgIpc) is 2.42. The average molecular weight is 346 g/mol. The van der Waals surface area contributed by atoms with E-state index >= 15 is 0 Å². The number of Topliss-reactive ketones (excluding diaryl/α,β-unsaturated/α-hetero) is 1. The van der Waals surface area contributed by atoms with Crippen LogP contribution in [0, 0.1) is 5.92 Å². The number of nitrogens with one attached hydrogen (secondary N) is 1. The summed E-state index contributed by atoms with van der Waals surface area (Å²) in [7, 11) is 0.500. The molecule has 0 fully saturated rings. The van der Waals surface area contributed by atoms with Crippen molar-refractivity contribution in [3.05, 3.63) is 34.3 Å². The van der Waals surface area contributed by atoms with Gasteiger partial charge in [-0.1, -0.05) is 41.9 Å². The number of carbonyl (C=O) groups excluding carboxylic acids is 1. The Morgan fingerprint density at radius 2 is 1.80 bits per heavy atom. The monoisotopic (exact) mass is 345 g/mol. The molecule has 0 radical (unpaired) electrons. The highest BCUT2D eigenvalue weighted by Gasteiger charge is 2.16. The van der Waals surface area contributed by atoms with Gasteiger partial charge in [0.15, 0.2) is 0 Å². The highest BCUT2D eigenvalue weighted by molar-refractivity contribution is 9.10. The Kier molecular flexibility index (Phi) is 10.6. The van der Waals surface area contributed by atoms with Crippen molar-refractivity contribution in [2.75, 3.05) is 20.3 Å². The smallest absolute Gasteiger partial charge is 0.137 e. The Hall–Kier alpha value is -0.740. The van der Waals surface area contributed by atoms with E-state index in [-0.39, 0.29) is 11.7 Å². The summed E-state index contributed by atoms with van der Waals surface area (Å²) in [5.74, 6) is 0.898. The second-order valence-electron chi connectivity index (χ2n) is 5.10. The Balaban J connectivity index is 0.00000172. The zero-order chi connectivity index (χ0) is 15.5. The summed E-state index contributed by atoms with van der Waals surface area (Å²) in [6.07, 6.45) is 0.865. The highest BCUT2D eigenvalue weighted by Crippen LogP contribution is 2.22. The van der Waals surface area contributed by atoms with Crippen molar-refractivity contribution in [2.45, 2.75) is 33.1 Å². The molecular formula is C16H25BrFNO. The second kappa shape index (κ2) is 11.0. The molecule has 0 aliphatic heterocycles. The maximum Gasteiger partial charge on any atom is 0.137 e. The van der Waals surface area contributed by atoms with Gasteiger partial charge in [-0.05, 0) is 50.0 Å². The third kappa shape index (κ3) is 7.75. The van der Waals surface area contributed by atoms with Gasteiger partial charge in [-0.2, -0.15) is 0 Å². The van der Waals surface area contributed by atoms with Gasteiger partial charge in [0.25, 0.3) is 0 Å². The maximum atomic E-state index is 11.7. The summed E-state index contributed by atoms with van der Waals surface area (Å²) in [6, 6.07) is 8.04. The number of halogens is 2. The Morgan fingerprint density at radius 1 is 1.25 bits per heavy atom. The van der Waals surface area contributed by atoms with Crippen LogP contribution < -0.4 is 5.32 Å². The molecule has 0 bridgehead atoms. The lowest BCUT2D eigenvalue weighted by atomic mass is 9.92. The minimum Gasteiger partial charge on any atom is -0.316 e. The minimum atomic E-state index is 0.0118. The quantitative estimate of drug-likeness (QED) is 0.744. The van der Waals surface area contributed by atoms with E-state index in [1.807, 2.05) is 24.3 Å². The Morgan fingerprint density at radius 3 is 2.25 bits per heavy atom. The van der Waals surface area contributed by atoms with Crippen LogP contribution in [0.1, 0.15) is 38.7 Å². The van der Waals surface area contributed by atoms with Gasteiger partial charge >= 0.3 is 0 Å². The van der Waals surface area contributed by atoms with Gasteiger partial charge in [0, 0.05) is 10.4 Å². The molecule has 1 aromatic carbocycles. The van der Waals surface area contributed by atoms with Crippen LogP contribution >= 0.6 is 15.9 Å². The van der Waals surface area contributed by atoms with Gasteiger partial charge in [0.05, 0.1) is 7.18 Å². The highest BCUT2D eigenvalue weighted by atomic mass is 79.9. The van der Waals surface area contributed by atoms with Crippen molar-refractivity contribution < 1.29 is 9.18 Å². The van der Waals surface area contributed by atoms with Gasteiger partial charge in [-0.15, -0.1) is 0 Å². The van der Waals surface area contributed by atoms with Gasteiger partial charge in [0.2, 0.25) is 0 Å². The van der Waals surface area contributed by atoms with Crippen LogP contribution in [0.4, 0.5) is 4.39 Å². The van der Waals surface area contributed by atoms with E-state index in [4.69, 9.17) is 0 Å².